The summed E-state index contributed by atoms with van der Waals surface area (Å²) in [6, 6.07) is 2.04. The molecule has 0 spiro atoms. The largest absolute Gasteiger partial charge is 0.345 e. The van der Waals surface area contributed by atoms with E-state index in [1.807, 2.05) is 6.07 Å². The Morgan fingerprint density at radius 1 is 1.15 bits per heavy atom. The van der Waals surface area contributed by atoms with E-state index < -0.39 is 0 Å². The summed E-state index contributed by atoms with van der Waals surface area (Å²) in [6.07, 6.45) is 11.3. The molecule has 4 fully saturated rings. The Hall–Kier alpha value is -1.32. The van der Waals surface area contributed by atoms with Crippen molar-refractivity contribution in [3.63, 3.8) is 0 Å². The van der Waals surface area contributed by atoms with Gasteiger partial charge in [-0.05, 0) is 68.8 Å². The van der Waals surface area contributed by atoms with Crippen LogP contribution in [0.5, 0.6) is 0 Å². The number of rotatable bonds is 6. The van der Waals surface area contributed by atoms with Gasteiger partial charge in [-0.25, -0.2) is 0 Å². The van der Waals surface area contributed by atoms with Crippen LogP contribution in [-0.4, -0.2) is 21.2 Å². The number of carbonyl (C=O) groups is 1. The highest BCUT2D eigenvalue weighted by atomic mass is 16.2. The molecule has 150 valence electrons. The van der Waals surface area contributed by atoms with Gasteiger partial charge in [-0.3, -0.25) is 9.48 Å². The highest BCUT2D eigenvalue weighted by Gasteiger charge is 2.51. The summed E-state index contributed by atoms with van der Waals surface area (Å²) in [5.41, 5.74) is 1.85. The van der Waals surface area contributed by atoms with E-state index in [2.05, 4.69) is 37.7 Å². The van der Waals surface area contributed by atoms with E-state index >= 15 is 0 Å². The van der Waals surface area contributed by atoms with Gasteiger partial charge in [-0.15, -0.1) is 0 Å². The molecule has 4 saturated carbocycles. The lowest BCUT2D eigenvalue weighted by atomic mass is 9.53. The highest BCUT2D eigenvalue weighted by molar-refractivity contribution is 5.93. The number of aryl methyl sites for hydroxylation is 1. The summed E-state index contributed by atoms with van der Waals surface area (Å²) in [5, 5.41) is 8.24. The average Bonchev–Trinajstić information content (AvgIpc) is 2.98. The second kappa shape index (κ2) is 6.93. The molecule has 0 atom stereocenters. The Kier molecular flexibility index (Phi) is 4.88. The fourth-order valence-electron chi connectivity index (χ4n) is 6.38. The molecule has 1 aromatic heterocycles. The molecule has 5 rings (SSSR count). The molecule has 0 saturated heterocycles. The van der Waals surface area contributed by atoms with E-state index in [-0.39, 0.29) is 16.9 Å². The SMILES string of the molecule is CCCCCn1nc(C(=O)NC23CC4CC(CC(C4)C2)C3)cc1C(C)(C)C. The van der Waals surface area contributed by atoms with Crippen molar-refractivity contribution in [3.8, 4) is 0 Å². The van der Waals surface area contributed by atoms with Crippen LogP contribution in [0.2, 0.25) is 0 Å². The Morgan fingerprint density at radius 2 is 1.74 bits per heavy atom. The van der Waals surface area contributed by atoms with Gasteiger partial charge in [0.15, 0.2) is 0 Å². The topological polar surface area (TPSA) is 46.9 Å². The molecule has 4 aliphatic rings. The smallest absolute Gasteiger partial charge is 0.272 e. The van der Waals surface area contributed by atoms with Gasteiger partial charge >= 0.3 is 0 Å². The molecule has 0 aromatic carbocycles. The van der Waals surface area contributed by atoms with Crippen molar-refractivity contribution in [3.05, 3.63) is 17.5 Å². The molecule has 1 amide bonds. The molecular formula is C23H37N3O. The molecule has 1 aromatic rings. The predicted molar refractivity (Wildman–Crippen MR) is 109 cm³/mol. The first-order valence-corrected chi connectivity index (χ1v) is 11.2. The van der Waals surface area contributed by atoms with Crippen LogP contribution in [0.1, 0.15) is 102 Å². The van der Waals surface area contributed by atoms with Crippen molar-refractivity contribution in [1.82, 2.24) is 15.1 Å². The third-order valence-corrected chi connectivity index (χ3v) is 7.17. The van der Waals surface area contributed by atoms with E-state index in [9.17, 15) is 4.79 Å². The zero-order valence-corrected chi connectivity index (χ0v) is 17.7. The first-order chi connectivity index (χ1) is 12.8. The molecule has 0 radical (unpaired) electrons. The van der Waals surface area contributed by atoms with Gasteiger partial charge in [-0.2, -0.15) is 5.10 Å². The van der Waals surface area contributed by atoms with Gasteiger partial charge < -0.3 is 5.32 Å². The summed E-state index contributed by atoms with van der Waals surface area (Å²) in [7, 11) is 0. The first-order valence-electron chi connectivity index (χ1n) is 11.2. The van der Waals surface area contributed by atoms with Crippen LogP contribution < -0.4 is 5.32 Å². The Labute approximate surface area is 164 Å². The summed E-state index contributed by atoms with van der Waals surface area (Å²) < 4.78 is 2.09. The van der Waals surface area contributed by atoms with Gasteiger partial charge in [0, 0.05) is 23.2 Å². The third-order valence-electron chi connectivity index (χ3n) is 7.17. The molecule has 4 nitrogen and oxygen atoms in total. The van der Waals surface area contributed by atoms with E-state index in [4.69, 9.17) is 5.10 Å². The van der Waals surface area contributed by atoms with Crippen LogP contribution >= 0.6 is 0 Å². The fraction of sp³-hybridized carbons (Fsp3) is 0.826. The van der Waals surface area contributed by atoms with Crippen molar-refractivity contribution >= 4 is 5.91 Å². The Balaban J connectivity index is 1.51. The maximum Gasteiger partial charge on any atom is 0.272 e. The number of carbonyl (C=O) groups excluding carboxylic acids is 1. The molecule has 0 unspecified atom stereocenters. The number of aromatic nitrogens is 2. The summed E-state index contributed by atoms with van der Waals surface area (Å²) in [4.78, 5) is 13.2. The number of unbranched alkanes of at least 4 members (excludes halogenated alkanes) is 2. The Bertz CT molecular complexity index is 662. The molecule has 4 aliphatic carbocycles. The maximum absolute atomic E-state index is 13.2. The minimum atomic E-state index is -0.00156. The van der Waals surface area contributed by atoms with Crippen LogP contribution in [0, 0.1) is 17.8 Å². The standard InChI is InChI=1S/C23H37N3O/c1-5-6-7-8-26-20(22(2,3)4)12-19(25-26)21(27)24-23-13-16-9-17(14-23)11-18(10-16)15-23/h12,16-18H,5-11,13-15H2,1-4H3,(H,24,27). The number of amides is 1. The normalized spacial score (nSPS) is 32.1. The van der Waals surface area contributed by atoms with Crippen molar-refractivity contribution in [1.29, 1.82) is 0 Å². The predicted octanol–water partition coefficient (Wildman–Crippen LogP) is 5.07. The second-order valence-electron chi connectivity index (χ2n) is 10.7. The van der Waals surface area contributed by atoms with E-state index in [1.54, 1.807) is 0 Å². The number of hydrogen-bond donors (Lipinski definition) is 1. The van der Waals surface area contributed by atoms with Gasteiger partial charge in [0.1, 0.15) is 5.69 Å². The molecule has 27 heavy (non-hydrogen) atoms. The molecule has 4 heteroatoms. The average molecular weight is 372 g/mol. The Morgan fingerprint density at radius 3 is 2.26 bits per heavy atom. The minimum Gasteiger partial charge on any atom is -0.345 e. The van der Waals surface area contributed by atoms with Crippen molar-refractivity contribution in [2.75, 3.05) is 0 Å². The van der Waals surface area contributed by atoms with E-state index in [0.29, 0.717) is 5.69 Å². The van der Waals surface area contributed by atoms with Crippen LogP contribution in [0.4, 0.5) is 0 Å². The molecule has 0 aliphatic heterocycles. The summed E-state index contributed by atoms with van der Waals surface area (Å²) in [6.45, 7) is 9.76. The van der Waals surface area contributed by atoms with E-state index in [0.717, 1.165) is 30.7 Å². The van der Waals surface area contributed by atoms with Gasteiger partial charge in [0.05, 0.1) is 0 Å². The molecule has 1 heterocycles. The zero-order chi connectivity index (χ0) is 19.2. The highest BCUT2D eigenvalue weighted by Crippen LogP contribution is 2.55. The summed E-state index contributed by atoms with van der Waals surface area (Å²) in [5.74, 6) is 2.58. The van der Waals surface area contributed by atoms with Crippen LogP contribution in [0.25, 0.3) is 0 Å². The van der Waals surface area contributed by atoms with Crippen molar-refractivity contribution < 1.29 is 4.79 Å². The second-order valence-corrected chi connectivity index (χ2v) is 10.7. The first kappa shape index (κ1) is 19.0. The van der Waals surface area contributed by atoms with Gasteiger partial charge in [0.25, 0.3) is 5.91 Å². The van der Waals surface area contributed by atoms with Crippen LogP contribution in [-0.2, 0) is 12.0 Å². The molecular weight excluding hydrogens is 334 g/mol. The lowest BCUT2D eigenvalue weighted by molar-refractivity contribution is -0.0168. The zero-order valence-electron chi connectivity index (χ0n) is 17.7. The van der Waals surface area contributed by atoms with Gasteiger partial charge in [-0.1, -0.05) is 40.5 Å². The van der Waals surface area contributed by atoms with E-state index in [1.165, 1.54) is 57.1 Å². The number of nitrogens with one attached hydrogen (secondary N) is 1. The third kappa shape index (κ3) is 3.82. The lowest BCUT2D eigenvalue weighted by Crippen LogP contribution is -2.59. The molecule has 4 bridgehead atoms. The molecule has 1 N–H and O–H groups in total. The lowest BCUT2D eigenvalue weighted by Gasteiger charge is -2.56. The number of nitrogens with zero attached hydrogens (tertiary/aromatic N) is 2. The van der Waals surface area contributed by atoms with Gasteiger partial charge in [0.2, 0.25) is 0 Å². The quantitative estimate of drug-likeness (QED) is 0.710. The number of hydrogen-bond acceptors (Lipinski definition) is 2. The maximum atomic E-state index is 13.2. The van der Waals surface area contributed by atoms with Crippen molar-refractivity contribution in [2.45, 2.75) is 103 Å². The van der Waals surface area contributed by atoms with Crippen LogP contribution in [0.3, 0.4) is 0 Å². The minimum absolute atomic E-state index is 0.00156. The van der Waals surface area contributed by atoms with Crippen LogP contribution in [0.15, 0.2) is 6.07 Å². The van der Waals surface area contributed by atoms with Crippen molar-refractivity contribution in [2.24, 2.45) is 17.8 Å². The monoisotopic (exact) mass is 371 g/mol. The fourth-order valence-corrected chi connectivity index (χ4v) is 6.38. The summed E-state index contributed by atoms with van der Waals surface area (Å²) >= 11 is 0.